The number of aromatic nitrogens is 1. The molecule has 2 fully saturated rings. The number of benzene rings is 1. The van der Waals surface area contributed by atoms with Crippen LogP contribution < -0.4 is 74.5 Å². The summed E-state index contributed by atoms with van der Waals surface area (Å²) in [6, 6.07) is -7.48. The molecule has 1 aromatic carbocycles. The number of nitrogens with zero attached hydrogens (tertiary/aromatic N) is 2. The number of aliphatic hydroxyl groups excluding tert-OH is 2. The van der Waals surface area contributed by atoms with Crippen molar-refractivity contribution in [2.45, 2.75) is 112 Å². The molecule has 432 valence electrons. The molecule has 4 heterocycles. The lowest BCUT2D eigenvalue weighted by Crippen LogP contribution is -2.68. The lowest BCUT2D eigenvalue weighted by molar-refractivity contribution is -0.674. The fourth-order valence-corrected chi connectivity index (χ4v) is 8.58. The van der Waals surface area contributed by atoms with Gasteiger partial charge in [0.2, 0.25) is 47.3 Å². The van der Waals surface area contributed by atoms with E-state index < -0.39 is 157 Å². The predicted octanol–water partition coefficient (Wildman–Crippen LogP) is -8.35. The van der Waals surface area contributed by atoms with Gasteiger partial charge in [-0.2, -0.15) is 0 Å². The Morgan fingerprint density at radius 3 is 2.18 bits per heavy atom. The van der Waals surface area contributed by atoms with Crippen molar-refractivity contribution >= 4 is 93.4 Å². The number of aromatic hydroxyl groups is 2. The van der Waals surface area contributed by atoms with Gasteiger partial charge < -0.3 is 84.6 Å². The minimum atomic E-state index is -2.65. The van der Waals surface area contributed by atoms with Crippen LogP contribution in [0.3, 0.4) is 0 Å². The number of carboxylic acids is 2. The van der Waals surface area contributed by atoms with Gasteiger partial charge in [-0.25, -0.2) is 14.4 Å². The molecule has 34 heteroatoms. The van der Waals surface area contributed by atoms with Gasteiger partial charge in [-0.3, -0.25) is 73.9 Å². The third-order valence-corrected chi connectivity index (χ3v) is 12.6. The highest BCUT2D eigenvalue weighted by molar-refractivity contribution is 6.00. The van der Waals surface area contributed by atoms with Crippen molar-refractivity contribution in [3.63, 3.8) is 0 Å². The van der Waals surface area contributed by atoms with Gasteiger partial charge >= 0.3 is 11.9 Å². The molecule has 3 aliphatic rings. The topological polar surface area (TPSA) is 538 Å². The molecule has 2 saturated heterocycles. The minimum Gasteiger partial charge on any atom is -0.504 e. The van der Waals surface area contributed by atoms with E-state index in [1.165, 1.54) is 10.6 Å². The van der Waals surface area contributed by atoms with Gasteiger partial charge in [0.1, 0.15) is 47.7 Å². The maximum atomic E-state index is 14.2. The van der Waals surface area contributed by atoms with E-state index in [1.54, 1.807) is 0 Å². The Bertz CT molecular complexity index is 2700. The number of carbonyl (C=O) groups excluding carboxylic acids is 10. The fraction of sp³-hybridized carbons (Fsp3) is 0.533. The van der Waals surface area contributed by atoms with Crippen LogP contribution in [0.4, 0.5) is 11.5 Å². The Morgan fingerprint density at radius 1 is 0.797 bits per heavy atom. The predicted molar refractivity (Wildman–Crippen MR) is 265 cm³/mol. The second-order valence-electron chi connectivity index (χ2n) is 18.4. The van der Waals surface area contributed by atoms with Crippen LogP contribution in [-0.2, 0) is 57.5 Å². The molecule has 34 nitrogen and oxygen atoms in total. The summed E-state index contributed by atoms with van der Waals surface area (Å²) < 4.78 is 1.32. The molecule has 1 aromatic heterocycles. The third kappa shape index (κ3) is 16.7. The highest BCUT2D eigenvalue weighted by Gasteiger charge is 2.41. The number of hydroxylamine groups is 2. The SMILES string of the molecule is NCCCC(NC(=O)C(CC(=O)O)NC(=O)[C@@H]1CCNc2c(NC(=O)CCC(N)=O)cc3cc(O)c(O)cc3[n+]21)C(=O)NC(C(=O)NC1NCCC(C(=O)NCC(=O)NC(CO)C(=O)NC2CCCN(O)C2=O)N1)C(O)C(=O)O. The van der Waals surface area contributed by atoms with Crippen molar-refractivity contribution < 1.29 is 97.9 Å². The lowest BCUT2D eigenvalue weighted by Gasteiger charge is -2.33. The Morgan fingerprint density at radius 2 is 1.51 bits per heavy atom. The van der Waals surface area contributed by atoms with Gasteiger partial charge in [-0.15, -0.1) is 0 Å². The maximum Gasteiger partial charge on any atom is 0.335 e. The third-order valence-electron chi connectivity index (χ3n) is 12.6. The molecular weight excluding hydrogens is 1050 g/mol. The van der Waals surface area contributed by atoms with Gasteiger partial charge in [0.15, 0.2) is 23.6 Å². The molecular formula is C45H64N15O19+. The number of anilines is 2. The smallest absolute Gasteiger partial charge is 0.335 e. The van der Waals surface area contributed by atoms with E-state index in [1.807, 2.05) is 0 Å². The van der Waals surface area contributed by atoms with Gasteiger partial charge in [-0.05, 0) is 50.8 Å². The highest BCUT2D eigenvalue weighted by atomic mass is 16.5. The molecule has 3 aliphatic heterocycles. The average molecular weight is 1120 g/mol. The zero-order valence-electron chi connectivity index (χ0n) is 42.1. The summed E-state index contributed by atoms with van der Waals surface area (Å²) in [6.07, 6.45) is -5.51. The zero-order chi connectivity index (χ0) is 58.2. The second-order valence-corrected chi connectivity index (χ2v) is 18.4. The number of primary amides is 1. The molecule has 0 bridgehead atoms. The quantitative estimate of drug-likeness (QED) is 0.0236. The van der Waals surface area contributed by atoms with Gasteiger partial charge in [-0.1, -0.05) is 0 Å². The van der Waals surface area contributed by atoms with E-state index in [2.05, 4.69) is 58.5 Å². The number of nitrogens with one attached hydrogen (secondary N) is 11. The molecule has 0 radical (unpaired) electrons. The largest absolute Gasteiger partial charge is 0.504 e. The molecule has 10 amide bonds. The van der Waals surface area contributed by atoms with E-state index in [9.17, 15) is 93.4 Å². The summed E-state index contributed by atoms with van der Waals surface area (Å²) in [5, 5.41) is 98.0. The molecule has 5 rings (SSSR count). The molecule has 8 unspecified atom stereocenters. The molecule has 22 N–H and O–H groups in total. The van der Waals surface area contributed by atoms with Crippen LogP contribution >= 0.6 is 0 Å². The first kappa shape index (κ1) is 61.3. The first-order valence-electron chi connectivity index (χ1n) is 24.7. The summed E-state index contributed by atoms with van der Waals surface area (Å²) in [5.74, 6) is -14.5. The highest BCUT2D eigenvalue weighted by Crippen LogP contribution is 2.35. The van der Waals surface area contributed by atoms with Crippen molar-refractivity contribution in [1.29, 1.82) is 0 Å². The van der Waals surface area contributed by atoms with Crippen LogP contribution in [-0.4, -0.2) is 200 Å². The van der Waals surface area contributed by atoms with Crippen LogP contribution in [0.15, 0.2) is 18.2 Å². The number of nitrogens with two attached hydrogens (primary N) is 2. The van der Waals surface area contributed by atoms with E-state index in [0.29, 0.717) is 11.5 Å². The van der Waals surface area contributed by atoms with E-state index >= 15 is 0 Å². The van der Waals surface area contributed by atoms with Crippen molar-refractivity contribution in [2.24, 2.45) is 11.5 Å². The number of hydrogen-bond donors (Lipinski definition) is 20. The Labute approximate surface area is 447 Å². The van der Waals surface area contributed by atoms with Crippen LogP contribution in [0.5, 0.6) is 11.5 Å². The number of carbonyl (C=O) groups is 12. The van der Waals surface area contributed by atoms with Crippen molar-refractivity contribution in [3.8, 4) is 11.5 Å². The normalized spacial score (nSPS) is 19.7. The maximum absolute atomic E-state index is 14.2. The van der Waals surface area contributed by atoms with E-state index in [-0.39, 0.29) is 93.5 Å². The molecule has 9 atom stereocenters. The number of carboxylic acid groups (broad SMARTS) is 2. The van der Waals surface area contributed by atoms with E-state index in [0.717, 1.165) is 12.1 Å². The zero-order valence-corrected chi connectivity index (χ0v) is 42.1. The molecule has 2 aromatic rings. The number of aliphatic carboxylic acids is 2. The second kappa shape index (κ2) is 28.2. The Hall–Kier alpha value is -8.57. The van der Waals surface area contributed by atoms with Crippen LogP contribution in [0.2, 0.25) is 0 Å². The van der Waals surface area contributed by atoms with Crippen LogP contribution in [0, 0.1) is 0 Å². The number of phenolic OH excluding ortho intramolecular Hbond substituents is 2. The number of rotatable bonds is 26. The minimum absolute atomic E-state index is 0.00635. The first-order valence-corrected chi connectivity index (χ1v) is 24.7. The average Bonchev–Trinajstić information content (AvgIpc) is 3.55. The summed E-state index contributed by atoms with van der Waals surface area (Å²) in [6.45, 7) is -1.60. The summed E-state index contributed by atoms with van der Waals surface area (Å²) in [7, 11) is 0. The van der Waals surface area contributed by atoms with Gasteiger partial charge in [0, 0.05) is 43.8 Å². The van der Waals surface area contributed by atoms with Crippen LogP contribution in [0.1, 0.15) is 63.8 Å². The summed E-state index contributed by atoms with van der Waals surface area (Å²) >= 11 is 0. The number of hydrogen-bond acceptors (Lipinski definition) is 21. The number of piperidine rings is 1. The van der Waals surface area contributed by atoms with Crippen molar-refractivity contribution in [3.05, 3.63) is 18.2 Å². The standard InChI is InChI=1S/C45H63N15O19/c46-9-1-3-20(53-39(72)24(15-33(67)68)55-41(74)26-8-11-48-36-23(51-31(65)6-5-30(47)64)13-19-14-28(62)29(63)16-27(19)60(26)36)38(71)57-34(35(69)44(77)78)42(75)58-45-49-10-7-21(56-45)37(70)50-17-32(66)52-25(18-61)40(73)54-22-4-2-12-59(79)43(22)76/h13-14,16,20-22,24-26,34-35,45,49,56,61,69,79H,1-12,15,17-18,46H2,(H14,47,48,50,51,52,53,54,55,57,58,62,63,64,65,66,67,68,70,71,72,73,74,75,77,78)/p+1/t20?,21?,22?,24?,25?,26-,34?,35?,45?/m0/s1. The lowest BCUT2D eigenvalue weighted by atomic mass is 10.0. The monoisotopic (exact) mass is 1120 g/mol. The number of pyridine rings is 1. The number of fused-ring (bicyclic) bond motifs is 3. The summed E-state index contributed by atoms with van der Waals surface area (Å²) in [4.78, 5) is 155. The van der Waals surface area contributed by atoms with Gasteiger partial charge in [0.05, 0.1) is 32.2 Å². The molecule has 0 aliphatic carbocycles. The fourth-order valence-electron chi connectivity index (χ4n) is 8.58. The number of phenols is 2. The Kier molecular flexibility index (Phi) is 21.9. The number of aliphatic hydroxyl groups is 2. The van der Waals surface area contributed by atoms with E-state index in [4.69, 9.17) is 11.5 Å². The van der Waals surface area contributed by atoms with Crippen LogP contribution in [0.25, 0.3) is 10.9 Å². The molecule has 79 heavy (non-hydrogen) atoms. The van der Waals surface area contributed by atoms with Crippen molar-refractivity contribution in [1.82, 2.24) is 52.9 Å². The number of amides is 10. The molecule has 0 spiro atoms. The molecule has 0 saturated carbocycles. The van der Waals surface area contributed by atoms with Gasteiger partial charge in [0.25, 0.3) is 17.6 Å². The Balaban J connectivity index is 1.25. The summed E-state index contributed by atoms with van der Waals surface area (Å²) in [5.41, 5.74) is 11.0. The first-order chi connectivity index (χ1) is 37.4. The van der Waals surface area contributed by atoms with Crippen molar-refractivity contribution in [2.75, 3.05) is 50.0 Å².